The summed E-state index contributed by atoms with van der Waals surface area (Å²) in [6.07, 6.45) is 2.01. The van der Waals surface area contributed by atoms with Crippen LogP contribution in [0.4, 0.5) is 5.13 Å². The van der Waals surface area contributed by atoms with Gasteiger partial charge in [-0.2, -0.15) is 0 Å². The maximum Gasteiger partial charge on any atom is 0.342 e. The van der Waals surface area contributed by atoms with Crippen LogP contribution >= 0.6 is 11.5 Å². The number of hydrogen-bond donors (Lipinski definition) is 1. The van der Waals surface area contributed by atoms with Crippen molar-refractivity contribution >= 4 is 22.3 Å². The van der Waals surface area contributed by atoms with Crippen molar-refractivity contribution in [1.29, 1.82) is 0 Å². The highest BCUT2D eigenvalue weighted by atomic mass is 32.1. The Morgan fingerprint density at radius 1 is 1.58 bits per heavy atom. The van der Waals surface area contributed by atoms with E-state index in [0.717, 1.165) is 17.3 Å². The summed E-state index contributed by atoms with van der Waals surface area (Å²) in [4.78, 5) is 4.37. The second-order valence-electron chi connectivity index (χ2n) is 2.42. The topological polar surface area (TPSA) is 29.0 Å². The van der Waals surface area contributed by atoms with Crippen molar-refractivity contribution in [3.8, 4) is 0 Å². The first-order valence-electron chi connectivity index (χ1n) is 3.92. The van der Waals surface area contributed by atoms with E-state index in [1.807, 2.05) is 28.2 Å². The number of aromatic nitrogens is 2. The number of rotatable bonds is 2. The molecule has 0 bridgehead atoms. The molecule has 0 aliphatic rings. The van der Waals surface area contributed by atoms with Crippen LogP contribution in [-0.2, 0) is 0 Å². The minimum atomic E-state index is 0.917. The van der Waals surface area contributed by atoms with Gasteiger partial charge in [0, 0.05) is 12.6 Å². The maximum absolute atomic E-state index is 4.37. The van der Waals surface area contributed by atoms with Crippen LogP contribution in [0, 0.1) is 0 Å². The Bertz CT molecular complexity index is 349. The van der Waals surface area contributed by atoms with Crippen LogP contribution in [0.1, 0.15) is 6.92 Å². The van der Waals surface area contributed by atoms with Crippen molar-refractivity contribution in [2.45, 2.75) is 6.92 Å². The predicted octanol–water partition coefficient (Wildman–Crippen LogP) is 1.31. The molecular weight excluding hydrogens is 170 g/mol. The van der Waals surface area contributed by atoms with Gasteiger partial charge >= 0.3 is 10.8 Å². The van der Waals surface area contributed by atoms with E-state index in [-0.39, 0.29) is 0 Å². The molecular formula is C8H10N3S+. The third-order valence-corrected chi connectivity index (χ3v) is 2.45. The molecule has 62 valence electrons. The lowest BCUT2D eigenvalue weighted by Crippen LogP contribution is -2.12. The van der Waals surface area contributed by atoms with Crippen LogP contribution in [0.3, 0.4) is 0 Å². The Balaban J connectivity index is 2.47. The molecule has 0 fully saturated rings. The molecule has 0 saturated heterocycles. The highest BCUT2D eigenvalue weighted by molar-refractivity contribution is 7.06. The summed E-state index contributed by atoms with van der Waals surface area (Å²) in [5, 5.41) is 4.16. The summed E-state index contributed by atoms with van der Waals surface area (Å²) in [6, 6.07) is 5.99. The summed E-state index contributed by atoms with van der Waals surface area (Å²) >= 11 is 1.62. The molecule has 3 nitrogen and oxygen atoms in total. The number of pyridine rings is 1. The predicted molar refractivity (Wildman–Crippen MR) is 49.4 cm³/mol. The lowest BCUT2D eigenvalue weighted by atomic mass is 10.5. The van der Waals surface area contributed by atoms with Crippen molar-refractivity contribution in [2.24, 2.45) is 0 Å². The fraction of sp³-hybridized carbons (Fsp3) is 0.250. The molecule has 4 heteroatoms. The Morgan fingerprint density at radius 3 is 3.25 bits per heavy atom. The largest absolute Gasteiger partial charge is 0.342 e. The summed E-state index contributed by atoms with van der Waals surface area (Å²) in [7, 11) is 0. The number of fused-ring (bicyclic) bond motifs is 1. The second-order valence-corrected chi connectivity index (χ2v) is 3.39. The van der Waals surface area contributed by atoms with Crippen LogP contribution in [0.25, 0.3) is 5.65 Å². The molecule has 0 aromatic carbocycles. The van der Waals surface area contributed by atoms with E-state index in [2.05, 4.69) is 17.2 Å². The van der Waals surface area contributed by atoms with Crippen LogP contribution in [0.15, 0.2) is 24.4 Å². The van der Waals surface area contributed by atoms with Gasteiger partial charge in [0.2, 0.25) is 0 Å². The lowest BCUT2D eigenvalue weighted by molar-refractivity contribution is -0.433. The Morgan fingerprint density at radius 2 is 2.50 bits per heavy atom. The van der Waals surface area contributed by atoms with Crippen LogP contribution in [0.2, 0.25) is 0 Å². The number of hydrogen-bond acceptors (Lipinski definition) is 3. The van der Waals surface area contributed by atoms with E-state index < -0.39 is 0 Å². The van der Waals surface area contributed by atoms with Gasteiger partial charge in [-0.3, -0.25) is 0 Å². The van der Waals surface area contributed by atoms with Gasteiger partial charge in [0.15, 0.2) is 0 Å². The fourth-order valence-corrected chi connectivity index (χ4v) is 1.88. The molecule has 2 heterocycles. The van der Waals surface area contributed by atoms with E-state index in [0.29, 0.717) is 0 Å². The first-order chi connectivity index (χ1) is 5.90. The standard InChI is InChI=1S/C8H9N3S/c1-2-9-8-10-7-5-3-4-6-11(7)12-8/h3-6H,2H2,1H3/p+1. The number of nitrogens with one attached hydrogen (secondary N) is 1. The van der Waals surface area contributed by atoms with E-state index >= 15 is 0 Å². The molecule has 0 unspecified atom stereocenters. The van der Waals surface area contributed by atoms with E-state index in [1.54, 1.807) is 11.5 Å². The van der Waals surface area contributed by atoms with Crippen molar-refractivity contribution in [2.75, 3.05) is 11.9 Å². The summed E-state index contributed by atoms with van der Waals surface area (Å²) in [6.45, 7) is 2.98. The summed E-state index contributed by atoms with van der Waals surface area (Å²) < 4.78 is 2.04. The zero-order chi connectivity index (χ0) is 8.39. The van der Waals surface area contributed by atoms with Crippen molar-refractivity contribution < 1.29 is 3.79 Å². The van der Waals surface area contributed by atoms with Gasteiger partial charge in [0.05, 0.1) is 0 Å². The Hall–Kier alpha value is -1.16. The fourth-order valence-electron chi connectivity index (χ4n) is 1.02. The molecule has 0 atom stereocenters. The molecule has 1 N–H and O–H groups in total. The molecule has 0 spiro atoms. The third-order valence-electron chi connectivity index (χ3n) is 1.53. The average Bonchev–Trinajstić information content (AvgIpc) is 2.47. The quantitative estimate of drug-likeness (QED) is 0.706. The van der Waals surface area contributed by atoms with Crippen LogP contribution < -0.4 is 9.11 Å². The first kappa shape index (κ1) is 7.49. The summed E-state index contributed by atoms with van der Waals surface area (Å²) in [5.41, 5.74) is 0.999. The van der Waals surface area contributed by atoms with Gasteiger partial charge in [-0.15, -0.1) is 3.79 Å². The van der Waals surface area contributed by atoms with Gasteiger partial charge in [-0.25, -0.2) is 0 Å². The van der Waals surface area contributed by atoms with Crippen molar-refractivity contribution in [1.82, 2.24) is 4.98 Å². The maximum atomic E-state index is 4.37. The molecule has 0 aliphatic heterocycles. The minimum Gasteiger partial charge on any atom is -0.338 e. The van der Waals surface area contributed by atoms with Gasteiger partial charge < -0.3 is 5.32 Å². The van der Waals surface area contributed by atoms with Gasteiger partial charge in [-0.05, 0) is 18.0 Å². The van der Waals surface area contributed by atoms with Crippen molar-refractivity contribution in [3.05, 3.63) is 24.4 Å². The van der Waals surface area contributed by atoms with Crippen LogP contribution in [0.5, 0.6) is 0 Å². The van der Waals surface area contributed by atoms with Gasteiger partial charge in [0.25, 0.3) is 0 Å². The van der Waals surface area contributed by atoms with Gasteiger partial charge in [-0.1, -0.05) is 6.07 Å². The highest BCUT2D eigenvalue weighted by Gasteiger charge is 2.10. The normalized spacial score (nSPS) is 10.4. The average molecular weight is 180 g/mol. The molecule has 2 rings (SSSR count). The zero-order valence-corrected chi connectivity index (χ0v) is 7.64. The molecule has 0 saturated carbocycles. The Labute approximate surface area is 74.8 Å². The molecule has 0 amide bonds. The number of anilines is 1. The molecule has 12 heavy (non-hydrogen) atoms. The lowest BCUT2D eigenvalue weighted by Gasteiger charge is -1.84. The van der Waals surface area contributed by atoms with E-state index in [4.69, 9.17) is 0 Å². The third kappa shape index (κ3) is 1.25. The van der Waals surface area contributed by atoms with Crippen LogP contribution in [-0.4, -0.2) is 11.5 Å². The van der Waals surface area contributed by atoms with E-state index in [9.17, 15) is 0 Å². The van der Waals surface area contributed by atoms with Gasteiger partial charge in [0.1, 0.15) is 17.7 Å². The molecule has 2 aromatic rings. The smallest absolute Gasteiger partial charge is 0.338 e. The van der Waals surface area contributed by atoms with Crippen molar-refractivity contribution in [3.63, 3.8) is 0 Å². The SMILES string of the molecule is CCNc1nc2cccc[n+]2s1. The molecule has 2 aromatic heterocycles. The first-order valence-corrected chi connectivity index (χ1v) is 4.69. The van der Waals surface area contributed by atoms with E-state index in [1.165, 1.54) is 0 Å². The molecule has 0 radical (unpaired) electrons. The molecule has 0 aliphatic carbocycles. The number of nitrogens with zero attached hydrogens (tertiary/aromatic N) is 2. The second kappa shape index (κ2) is 3.06. The summed E-state index contributed by atoms with van der Waals surface area (Å²) in [5.74, 6) is 0. The Kier molecular flexibility index (Phi) is 1.91. The highest BCUT2D eigenvalue weighted by Crippen LogP contribution is 2.08. The monoisotopic (exact) mass is 180 g/mol. The minimum absolute atomic E-state index is 0.917. The zero-order valence-electron chi connectivity index (χ0n) is 6.82.